The Hall–Kier alpha value is -4.22. The average Bonchev–Trinajstić information content (AvgIpc) is 3.13. The number of aromatic nitrogens is 1. The molecule has 2 aromatic carbocycles. The maximum atomic E-state index is 13.3. The maximum Gasteiger partial charge on any atom is 0.300 e. The fourth-order valence-electron chi connectivity index (χ4n) is 3.93. The number of sulfonamides is 1. The van der Waals surface area contributed by atoms with Crippen molar-refractivity contribution in [1.82, 2.24) is 4.98 Å². The van der Waals surface area contributed by atoms with Gasteiger partial charge in [-0.05, 0) is 48.5 Å². The number of pyridine rings is 1. The number of aliphatic hydroxyl groups is 1. The fraction of sp³-hybridized carbons (Fsp3) is 0.125. The van der Waals surface area contributed by atoms with Crippen LogP contribution in [-0.4, -0.2) is 44.4 Å². The summed E-state index contributed by atoms with van der Waals surface area (Å²) in [5.74, 6) is -1.94. The largest absolute Gasteiger partial charge is 0.506 e. The van der Waals surface area contributed by atoms with Crippen LogP contribution in [0.4, 0.5) is 5.69 Å². The highest BCUT2D eigenvalue weighted by molar-refractivity contribution is 7.89. The molecule has 1 aromatic heterocycles. The normalized spacial score (nSPS) is 17.5. The molecule has 4 rings (SSSR count). The monoisotopic (exact) mass is 495 g/mol. The lowest BCUT2D eigenvalue weighted by Crippen LogP contribution is -2.29. The molecule has 1 atom stereocenters. The predicted octanol–water partition coefficient (Wildman–Crippen LogP) is 2.37. The SMILES string of the molecule is COc1cccc(OC)c1/C(O)=C1\C(=O)C(=O)N(c2ccc(S(N)(=O)=O)cc2)C1c1ccccn1. The van der Waals surface area contributed by atoms with E-state index in [1.54, 1.807) is 36.4 Å². The molecular weight excluding hydrogens is 474 g/mol. The second kappa shape index (κ2) is 9.20. The summed E-state index contributed by atoms with van der Waals surface area (Å²) in [5.41, 5.74) is 0.381. The molecule has 0 spiro atoms. The van der Waals surface area contributed by atoms with Gasteiger partial charge in [0.05, 0.1) is 30.4 Å². The summed E-state index contributed by atoms with van der Waals surface area (Å²) < 4.78 is 34.0. The molecule has 0 saturated carbocycles. The maximum absolute atomic E-state index is 13.3. The van der Waals surface area contributed by atoms with Gasteiger partial charge < -0.3 is 14.6 Å². The number of carbonyl (C=O) groups is 2. The Bertz CT molecular complexity index is 1410. The Morgan fingerprint density at radius 2 is 1.60 bits per heavy atom. The van der Waals surface area contributed by atoms with Crippen LogP contribution in [0, 0.1) is 0 Å². The van der Waals surface area contributed by atoms with E-state index >= 15 is 0 Å². The van der Waals surface area contributed by atoms with Crippen molar-refractivity contribution in [1.29, 1.82) is 0 Å². The van der Waals surface area contributed by atoms with Crippen LogP contribution in [0.3, 0.4) is 0 Å². The van der Waals surface area contributed by atoms with Crippen molar-refractivity contribution in [3.05, 3.63) is 83.7 Å². The third-order valence-electron chi connectivity index (χ3n) is 5.52. The number of ketones is 1. The summed E-state index contributed by atoms with van der Waals surface area (Å²) in [7, 11) is -1.18. The van der Waals surface area contributed by atoms with E-state index in [0.29, 0.717) is 5.69 Å². The number of primary sulfonamides is 1. The summed E-state index contributed by atoms with van der Waals surface area (Å²) >= 11 is 0. The molecule has 1 unspecified atom stereocenters. The number of anilines is 1. The predicted molar refractivity (Wildman–Crippen MR) is 126 cm³/mol. The number of nitrogens with zero attached hydrogens (tertiary/aromatic N) is 2. The molecule has 2 heterocycles. The smallest absolute Gasteiger partial charge is 0.300 e. The second-order valence-electron chi connectivity index (χ2n) is 7.50. The van der Waals surface area contributed by atoms with Gasteiger partial charge in [0.25, 0.3) is 11.7 Å². The standard InChI is InChI=1S/C24H21N3O7S/c1-33-17-7-5-8-18(34-2)19(17)22(28)20-21(16-6-3-4-13-26-16)27(24(30)23(20)29)14-9-11-15(12-10-14)35(25,31)32/h3-13,21,28H,1-2H3,(H2,25,31,32)/b22-20+. The average molecular weight is 496 g/mol. The van der Waals surface area contributed by atoms with Gasteiger partial charge in [-0.2, -0.15) is 0 Å². The van der Waals surface area contributed by atoms with Crippen molar-refractivity contribution in [3.8, 4) is 11.5 Å². The van der Waals surface area contributed by atoms with Gasteiger partial charge in [0.15, 0.2) is 0 Å². The van der Waals surface area contributed by atoms with Crippen LogP contribution in [-0.2, 0) is 19.6 Å². The molecule has 10 nitrogen and oxygen atoms in total. The summed E-state index contributed by atoms with van der Waals surface area (Å²) in [6.45, 7) is 0. The number of benzene rings is 2. The molecule has 1 amide bonds. The van der Waals surface area contributed by atoms with E-state index < -0.39 is 33.5 Å². The van der Waals surface area contributed by atoms with Crippen molar-refractivity contribution in [2.24, 2.45) is 5.14 Å². The van der Waals surface area contributed by atoms with Crippen molar-refractivity contribution in [2.75, 3.05) is 19.1 Å². The summed E-state index contributed by atoms with van der Waals surface area (Å²) in [4.78, 5) is 31.8. The lowest BCUT2D eigenvalue weighted by Gasteiger charge is -2.25. The minimum atomic E-state index is -3.97. The first kappa shape index (κ1) is 23.9. The number of carbonyl (C=O) groups excluding carboxylic acids is 2. The third-order valence-corrected chi connectivity index (χ3v) is 6.45. The molecule has 3 aromatic rings. The van der Waals surface area contributed by atoms with Crippen LogP contribution >= 0.6 is 0 Å². The van der Waals surface area contributed by atoms with E-state index in [1.807, 2.05) is 0 Å². The van der Waals surface area contributed by atoms with Crippen molar-refractivity contribution in [2.45, 2.75) is 10.9 Å². The highest BCUT2D eigenvalue weighted by atomic mass is 32.2. The Morgan fingerprint density at radius 1 is 0.971 bits per heavy atom. The number of Topliss-reactive ketones (excluding diaryl/α,β-unsaturated/α-hetero) is 1. The van der Waals surface area contributed by atoms with Gasteiger partial charge in [-0.25, -0.2) is 13.6 Å². The van der Waals surface area contributed by atoms with E-state index in [4.69, 9.17) is 14.6 Å². The zero-order valence-electron chi connectivity index (χ0n) is 18.7. The molecule has 0 radical (unpaired) electrons. The van der Waals surface area contributed by atoms with Gasteiger partial charge in [0, 0.05) is 11.9 Å². The van der Waals surface area contributed by atoms with Gasteiger partial charge in [0.1, 0.15) is 28.9 Å². The van der Waals surface area contributed by atoms with Gasteiger partial charge >= 0.3 is 0 Å². The number of hydrogen-bond donors (Lipinski definition) is 2. The first-order valence-electron chi connectivity index (χ1n) is 10.2. The Labute approximate surface area is 201 Å². The molecule has 1 fully saturated rings. The van der Waals surface area contributed by atoms with Crippen LogP contribution in [0.25, 0.3) is 5.76 Å². The van der Waals surface area contributed by atoms with Crippen LogP contribution in [0.15, 0.2) is 77.3 Å². The highest BCUT2D eigenvalue weighted by Gasteiger charge is 2.48. The number of amides is 1. The minimum absolute atomic E-state index is 0.0982. The molecular formula is C24H21N3O7S. The molecule has 1 saturated heterocycles. The van der Waals surface area contributed by atoms with Crippen molar-refractivity contribution < 1.29 is 32.6 Å². The van der Waals surface area contributed by atoms with Gasteiger partial charge in [-0.1, -0.05) is 12.1 Å². The molecule has 1 aliphatic rings. The van der Waals surface area contributed by atoms with E-state index in [0.717, 1.165) is 4.90 Å². The first-order chi connectivity index (χ1) is 16.7. The highest BCUT2D eigenvalue weighted by Crippen LogP contribution is 2.44. The zero-order chi connectivity index (χ0) is 25.3. The zero-order valence-corrected chi connectivity index (χ0v) is 19.5. The lowest BCUT2D eigenvalue weighted by molar-refractivity contribution is -0.132. The number of aliphatic hydroxyl groups excluding tert-OH is 1. The molecule has 1 aliphatic heterocycles. The van der Waals surface area contributed by atoms with Crippen LogP contribution < -0.4 is 19.5 Å². The topological polar surface area (TPSA) is 149 Å². The molecule has 0 aliphatic carbocycles. The molecule has 180 valence electrons. The summed E-state index contributed by atoms with van der Waals surface area (Å²) in [6, 6.07) is 13.8. The van der Waals surface area contributed by atoms with E-state index in [-0.39, 0.29) is 33.2 Å². The fourth-order valence-corrected chi connectivity index (χ4v) is 4.45. The van der Waals surface area contributed by atoms with Crippen LogP contribution in [0.2, 0.25) is 0 Å². The first-order valence-corrected chi connectivity index (χ1v) is 11.8. The number of ether oxygens (including phenoxy) is 2. The third kappa shape index (κ3) is 4.22. The van der Waals surface area contributed by atoms with Gasteiger partial charge in [-0.15, -0.1) is 0 Å². The van der Waals surface area contributed by atoms with Gasteiger partial charge in [0.2, 0.25) is 10.0 Å². The second-order valence-corrected chi connectivity index (χ2v) is 9.06. The number of methoxy groups -OCH3 is 2. The van der Waals surface area contributed by atoms with Gasteiger partial charge in [-0.3, -0.25) is 19.5 Å². The Balaban J connectivity index is 1.97. The minimum Gasteiger partial charge on any atom is -0.506 e. The molecule has 0 bridgehead atoms. The lowest BCUT2D eigenvalue weighted by atomic mass is 9.97. The molecule has 3 N–H and O–H groups in total. The van der Waals surface area contributed by atoms with Crippen molar-refractivity contribution >= 4 is 33.2 Å². The molecule has 35 heavy (non-hydrogen) atoms. The summed E-state index contributed by atoms with van der Waals surface area (Å²) in [6.07, 6.45) is 1.49. The van der Waals surface area contributed by atoms with Crippen LogP contribution in [0.5, 0.6) is 11.5 Å². The van der Waals surface area contributed by atoms with E-state index in [1.165, 1.54) is 44.7 Å². The molecule has 11 heteroatoms. The number of rotatable bonds is 6. The van der Waals surface area contributed by atoms with E-state index in [9.17, 15) is 23.1 Å². The Morgan fingerprint density at radius 3 is 2.11 bits per heavy atom. The number of nitrogens with two attached hydrogens (primary N) is 1. The quantitative estimate of drug-likeness (QED) is 0.301. The van der Waals surface area contributed by atoms with E-state index in [2.05, 4.69) is 4.98 Å². The summed E-state index contributed by atoms with van der Waals surface area (Å²) in [5, 5.41) is 16.5. The van der Waals surface area contributed by atoms with Crippen LogP contribution in [0.1, 0.15) is 17.3 Å². The van der Waals surface area contributed by atoms with Crippen molar-refractivity contribution in [3.63, 3.8) is 0 Å². The number of hydrogen-bond acceptors (Lipinski definition) is 8. The Kier molecular flexibility index (Phi) is 6.29.